The summed E-state index contributed by atoms with van der Waals surface area (Å²) in [4.78, 5) is 33.8. The van der Waals surface area contributed by atoms with Gasteiger partial charge in [0.25, 0.3) is 11.8 Å². The van der Waals surface area contributed by atoms with Crippen LogP contribution in [0.5, 0.6) is 0 Å². The summed E-state index contributed by atoms with van der Waals surface area (Å²) in [6.45, 7) is 0. The molecule has 4 amide bonds. The summed E-state index contributed by atoms with van der Waals surface area (Å²) in [5, 5.41) is 13.7. The Labute approximate surface area is 96.6 Å². The van der Waals surface area contributed by atoms with Gasteiger partial charge in [0.15, 0.2) is 0 Å². The minimum absolute atomic E-state index is 0.182. The van der Waals surface area contributed by atoms with Crippen LogP contribution in [0, 0.1) is 0 Å². The molecule has 88 valence electrons. The first kappa shape index (κ1) is 11.3. The van der Waals surface area contributed by atoms with Gasteiger partial charge in [0.2, 0.25) is 5.60 Å². The van der Waals surface area contributed by atoms with Crippen LogP contribution >= 0.6 is 0 Å². The molecule has 0 saturated carbocycles. The lowest BCUT2D eigenvalue weighted by atomic mass is 9.91. The minimum Gasteiger partial charge on any atom is -0.371 e. The van der Waals surface area contributed by atoms with Gasteiger partial charge in [-0.3, -0.25) is 20.2 Å². The SMILES string of the molecule is O=C1NC(=O)C(O)(Cc2ccccc2)C(=O)N1. The second-order valence-electron chi connectivity index (χ2n) is 3.76. The Kier molecular flexibility index (Phi) is 2.64. The maximum absolute atomic E-state index is 11.5. The van der Waals surface area contributed by atoms with E-state index in [-0.39, 0.29) is 6.42 Å². The summed E-state index contributed by atoms with van der Waals surface area (Å²) in [7, 11) is 0. The highest BCUT2D eigenvalue weighted by molar-refractivity contribution is 6.21. The highest BCUT2D eigenvalue weighted by Crippen LogP contribution is 2.16. The van der Waals surface area contributed by atoms with Crippen molar-refractivity contribution in [3.63, 3.8) is 0 Å². The highest BCUT2D eigenvalue weighted by atomic mass is 16.3. The lowest BCUT2D eigenvalue weighted by Crippen LogP contribution is -2.67. The first-order valence-electron chi connectivity index (χ1n) is 4.95. The summed E-state index contributed by atoms with van der Waals surface area (Å²) in [6.07, 6.45) is -0.182. The molecule has 17 heavy (non-hydrogen) atoms. The Bertz CT molecular complexity index is 464. The molecule has 0 aliphatic carbocycles. The number of barbiturate groups is 1. The number of amides is 4. The van der Waals surface area contributed by atoms with E-state index in [1.807, 2.05) is 10.6 Å². The number of benzene rings is 1. The van der Waals surface area contributed by atoms with Gasteiger partial charge < -0.3 is 5.11 Å². The number of imide groups is 2. The van der Waals surface area contributed by atoms with Crippen molar-refractivity contribution in [1.82, 2.24) is 10.6 Å². The van der Waals surface area contributed by atoms with Crippen molar-refractivity contribution in [3.8, 4) is 0 Å². The molecule has 6 nitrogen and oxygen atoms in total. The van der Waals surface area contributed by atoms with Gasteiger partial charge in [-0.15, -0.1) is 0 Å². The number of rotatable bonds is 2. The van der Waals surface area contributed by atoms with Gasteiger partial charge in [-0.05, 0) is 5.56 Å². The molecule has 1 fully saturated rings. The molecular weight excluding hydrogens is 224 g/mol. The first-order valence-corrected chi connectivity index (χ1v) is 4.95. The standard InChI is InChI=1S/C11H10N2O4/c14-8-11(17,9(15)13-10(16)12-8)6-7-4-2-1-3-5-7/h1-5,17H,6H2,(H2,12,13,14,15,16). The van der Waals surface area contributed by atoms with Crippen molar-refractivity contribution in [2.24, 2.45) is 0 Å². The molecule has 0 atom stereocenters. The molecule has 0 aromatic heterocycles. The molecule has 0 bridgehead atoms. The number of aliphatic hydroxyl groups is 1. The van der Waals surface area contributed by atoms with Crippen LogP contribution in [0.1, 0.15) is 5.56 Å². The van der Waals surface area contributed by atoms with E-state index in [9.17, 15) is 19.5 Å². The molecule has 1 heterocycles. The van der Waals surface area contributed by atoms with Gasteiger partial charge in [-0.25, -0.2) is 4.79 Å². The average molecular weight is 234 g/mol. The predicted octanol–water partition coefficient (Wildman–Crippen LogP) is -0.674. The molecule has 3 N–H and O–H groups in total. The first-order chi connectivity index (χ1) is 8.02. The molecule has 1 saturated heterocycles. The van der Waals surface area contributed by atoms with Gasteiger partial charge in [-0.1, -0.05) is 30.3 Å². The van der Waals surface area contributed by atoms with Gasteiger partial charge in [0, 0.05) is 6.42 Å². The number of hydrogen-bond donors (Lipinski definition) is 3. The van der Waals surface area contributed by atoms with E-state index < -0.39 is 23.4 Å². The van der Waals surface area contributed by atoms with Crippen LogP contribution in [0.15, 0.2) is 30.3 Å². The van der Waals surface area contributed by atoms with E-state index in [1.54, 1.807) is 30.3 Å². The normalized spacial score (nSPS) is 18.5. The van der Waals surface area contributed by atoms with Gasteiger partial charge in [0.05, 0.1) is 0 Å². The van der Waals surface area contributed by atoms with Crippen LogP contribution in [-0.4, -0.2) is 28.6 Å². The number of nitrogens with one attached hydrogen (secondary N) is 2. The van der Waals surface area contributed by atoms with Gasteiger partial charge >= 0.3 is 6.03 Å². The molecule has 1 aromatic rings. The zero-order valence-electron chi connectivity index (χ0n) is 8.77. The Morgan fingerprint density at radius 1 is 1.00 bits per heavy atom. The van der Waals surface area contributed by atoms with Crippen LogP contribution < -0.4 is 10.6 Å². The van der Waals surface area contributed by atoms with Crippen LogP contribution in [0.2, 0.25) is 0 Å². The molecular formula is C11H10N2O4. The zero-order valence-corrected chi connectivity index (χ0v) is 8.77. The summed E-state index contributed by atoms with van der Waals surface area (Å²) < 4.78 is 0. The fourth-order valence-electron chi connectivity index (χ4n) is 1.60. The lowest BCUT2D eigenvalue weighted by molar-refractivity contribution is -0.154. The van der Waals surface area contributed by atoms with E-state index in [2.05, 4.69) is 0 Å². The lowest BCUT2D eigenvalue weighted by Gasteiger charge is -2.28. The highest BCUT2D eigenvalue weighted by Gasteiger charge is 2.48. The Morgan fingerprint density at radius 2 is 1.53 bits per heavy atom. The van der Waals surface area contributed by atoms with E-state index in [0.717, 1.165) is 0 Å². The summed E-state index contributed by atoms with van der Waals surface area (Å²) in [5.74, 6) is -2.01. The molecule has 1 aliphatic heterocycles. The van der Waals surface area contributed by atoms with E-state index in [4.69, 9.17) is 0 Å². The fourth-order valence-corrected chi connectivity index (χ4v) is 1.60. The van der Waals surface area contributed by atoms with Crippen molar-refractivity contribution < 1.29 is 19.5 Å². The van der Waals surface area contributed by atoms with Crippen LogP contribution in [0.3, 0.4) is 0 Å². The topological polar surface area (TPSA) is 95.5 Å². The van der Waals surface area contributed by atoms with Crippen LogP contribution in [-0.2, 0) is 16.0 Å². The average Bonchev–Trinajstić information content (AvgIpc) is 2.28. The maximum Gasteiger partial charge on any atom is 0.328 e. The number of hydrogen-bond acceptors (Lipinski definition) is 4. The fraction of sp³-hybridized carbons (Fsp3) is 0.182. The molecule has 0 spiro atoms. The van der Waals surface area contributed by atoms with Crippen molar-refractivity contribution in [3.05, 3.63) is 35.9 Å². The minimum atomic E-state index is -2.24. The third kappa shape index (κ3) is 2.02. The van der Waals surface area contributed by atoms with Crippen molar-refractivity contribution >= 4 is 17.8 Å². The number of carbonyl (C=O) groups is 3. The maximum atomic E-state index is 11.5. The molecule has 0 unspecified atom stereocenters. The third-order valence-corrected chi connectivity index (χ3v) is 2.51. The second-order valence-corrected chi connectivity index (χ2v) is 3.76. The monoisotopic (exact) mass is 234 g/mol. The van der Waals surface area contributed by atoms with Gasteiger partial charge in [0.1, 0.15) is 0 Å². The van der Waals surface area contributed by atoms with Crippen molar-refractivity contribution in [2.45, 2.75) is 12.0 Å². The quantitative estimate of drug-likeness (QED) is 0.591. The summed E-state index contributed by atoms with van der Waals surface area (Å²) in [5.41, 5.74) is -1.62. The summed E-state index contributed by atoms with van der Waals surface area (Å²) in [6, 6.07) is 7.66. The Hall–Kier alpha value is -2.21. The van der Waals surface area contributed by atoms with E-state index >= 15 is 0 Å². The largest absolute Gasteiger partial charge is 0.371 e. The predicted molar refractivity (Wildman–Crippen MR) is 56.8 cm³/mol. The van der Waals surface area contributed by atoms with Crippen molar-refractivity contribution in [2.75, 3.05) is 0 Å². The number of carbonyl (C=O) groups excluding carboxylic acids is 3. The van der Waals surface area contributed by atoms with Crippen molar-refractivity contribution in [1.29, 1.82) is 0 Å². The third-order valence-electron chi connectivity index (χ3n) is 2.51. The molecule has 2 rings (SSSR count). The van der Waals surface area contributed by atoms with E-state index in [0.29, 0.717) is 5.56 Å². The Balaban J connectivity index is 2.26. The van der Waals surface area contributed by atoms with Gasteiger partial charge in [-0.2, -0.15) is 0 Å². The van der Waals surface area contributed by atoms with Crippen LogP contribution in [0.4, 0.5) is 4.79 Å². The molecule has 0 radical (unpaired) electrons. The molecule has 1 aromatic carbocycles. The zero-order chi connectivity index (χ0) is 12.5. The van der Waals surface area contributed by atoms with E-state index in [1.165, 1.54) is 0 Å². The molecule has 1 aliphatic rings. The Morgan fingerprint density at radius 3 is 2.06 bits per heavy atom. The second kappa shape index (κ2) is 3.99. The summed E-state index contributed by atoms with van der Waals surface area (Å²) >= 11 is 0. The van der Waals surface area contributed by atoms with Crippen LogP contribution in [0.25, 0.3) is 0 Å². The molecule has 6 heteroatoms. The smallest absolute Gasteiger partial charge is 0.328 e. The number of urea groups is 1.